The average Bonchev–Trinajstić information content (AvgIpc) is 2.32. The molecule has 0 saturated heterocycles. The monoisotopic (exact) mass is 246 g/mol. The molecule has 0 aliphatic carbocycles. The van der Waals surface area contributed by atoms with Crippen molar-refractivity contribution in [3.63, 3.8) is 0 Å². The summed E-state index contributed by atoms with van der Waals surface area (Å²) in [6.45, 7) is 2.32. The molecule has 2 nitrogen and oxygen atoms in total. The van der Waals surface area contributed by atoms with E-state index in [9.17, 15) is 4.79 Å². The Kier molecular flexibility index (Phi) is 3.55. The SMILES string of the molecule is Cc1cccc[n+]1CC(=O)c1cccc(Cl)c1. The molecule has 17 heavy (non-hydrogen) atoms. The Hall–Kier alpha value is -1.67. The lowest BCUT2D eigenvalue weighted by atomic mass is 10.1. The molecule has 0 bridgehead atoms. The van der Waals surface area contributed by atoms with E-state index in [1.165, 1.54) is 0 Å². The van der Waals surface area contributed by atoms with Crippen LogP contribution in [0.1, 0.15) is 16.1 Å². The second-order valence-corrected chi connectivity index (χ2v) is 4.34. The summed E-state index contributed by atoms with van der Waals surface area (Å²) >= 11 is 5.86. The molecule has 0 aliphatic heterocycles. The Balaban J connectivity index is 2.20. The third-order valence-electron chi connectivity index (χ3n) is 2.63. The molecule has 1 heterocycles. The standard InChI is InChI=1S/C14H13ClNO/c1-11-5-2-3-8-16(11)10-14(17)12-6-4-7-13(15)9-12/h2-9H,10H2,1H3/q+1. The van der Waals surface area contributed by atoms with E-state index < -0.39 is 0 Å². The van der Waals surface area contributed by atoms with Crippen molar-refractivity contribution >= 4 is 17.4 Å². The van der Waals surface area contributed by atoms with E-state index in [1.54, 1.807) is 24.3 Å². The summed E-state index contributed by atoms with van der Waals surface area (Å²) in [5, 5.41) is 0.589. The number of pyridine rings is 1. The van der Waals surface area contributed by atoms with Crippen LogP contribution in [0.4, 0.5) is 0 Å². The molecule has 3 heteroatoms. The van der Waals surface area contributed by atoms with E-state index in [4.69, 9.17) is 11.6 Å². The Morgan fingerprint density at radius 2 is 2.06 bits per heavy atom. The molecular formula is C14H13ClNO+. The van der Waals surface area contributed by atoms with E-state index in [0.717, 1.165) is 5.69 Å². The molecule has 0 N–H and O–H groups in total. The number of Topliss-reactive ketones (excluding diaryl/α,β-unsaturated/α-hetero) is 1. The van der Waals surface area contributed by atoms with Gasteiger partial charge in [0.05, 0.1) is 0 Å². The van der Waals surface area contributed by atoms with Crippen molar-refractivity contribution < 1.29 is 9.36 Å². The summed E-state index contributed by atoms with van der Waals surface area (Å²) in [7, 11) is 0. The van der Waals surface area contributed by atoms with E-state index >= 15 is 0 Å². The van der Waals surface area contributed by atoms with Gasteiger partial charge in [-0.3, -0.25) is 4.79 Å². The first-order valence-electron chi connectivity index (χ1n) is 5.40. The maximum atomic E-state index is 12.0. The van der Waals surface area contributed by atoms with Crippen LogP contribution in [-0.2, 0) is 6.54 Å². The van der Waals surface area contributed by atoms with Gasteiger partial charge in [0.1, 0.15) is 0 Å². The highest BCUT2D eigenvalue weighted by Crippen LogP contribution is 2.11. The molecule has 0 atom stereocenters. The van der Waals surface area contributed by atoms with Gasteiger partial charge in [0.15, 0.2) is 11.9 Å². The van der Waals surface area contributed by atoms with Crippen LogP contribution in [0.3, 0.4) is 0 Å². The number of aryl methyl sites for hydroxylation is 1. The van der Waals surface area contributed by atoms with Crippen LogP contribution in [0.25, 0.3) is 0 Å². The average molecular weight is 247 g/mol. The maximum absolute atomic E-state index is 12.0. The molecule has 2 rings (SSSR count). The lowest BCUT2D eigenvalue weighted by molar-refractivity contribution is -0.689. The highest BCUT2D eigenvalue weighted by Gasteiger charge is 2.13. The normalized spacial score (nSPS) is 10.2. The second kappa shape index (κ2) is 5.11. The second-order valence-electron chi connectivity index (χ2n) is 3.90. The molecule has 0 aliphatic rings. The number of halogens is 1. The minimum atomic E-state index is 0.0619. The van der Waals surface area contributed by atoms with Crippen LogP contribution in [-0.4, -0.2) is 5.78 Å². The van der Waals surface area contributed by atoms with Gasteiger partial charge in [0, 0.05) is 29.6 Å². The summed E-state index contributed by atoms with van der Waals surface area (Å²) in [4.78, 5) is 12.0. The molecule has 0 spiro atoms. The van der Waals surface area contributed by atoms with Crippen LogP contribution in [0.5, 0.6) is 0 Å². The number of hydrogen-bond acceptors (Lipinski definition) is 1. The van der Waals surface area contributed by atoms with Crippen molar-refractivity contribution in [1.82, 2.24) is 0 Å². The highest BCUT2D eigenvalue weighted by atomic mass is 35.5. The van der Waals surface area contributed by atoms with Crippen molar-refractivity contribution in [3.8, 4) is 0 Å². The first-order chi connectivity index (χ1) is 8.16. The fourth-order valence-electron chi connectivity index (χ4n) is 1.65. The lowest BCUT2D eigenvalue weighted by Crippen LogP contribution is -2.40. The Labute approximate surface area is 105 Å². The molecule has 0 unspecified atom stereocenters. The summed E-state index contributed by atoms with van der Waals surface area (Å²) in [6, 6.07) is 12.9. The number of carbonyl (C=O) groups excluding carboxylic acids is 1. The fourth-order valence-corrected chi connectivity index (χ4v) is 1.84. The topological polar surface area (TPSA) is 20.9 Å². The van der Waals surface area contributed by atoms with Crippen molar-refractivity contribution in [1.29, 1.82) is 0 Å². The number of rotatable bonds is 3. The quantitative estimate of drug-likeness (QED) is 0.603. The van der Waals surface area contributed by atoms with Crippen LogP contribution >= 0.6 is 11.6 Å². The molecule has 0 amide bonds. The largest absolute Gasteiger partial charge is 0.287 e. The van der Waals surface area contributed by atoms with Gasteiger partial charge in [-0.05, 0) is 12.1 Å². The zero-order chi connectivity index (χ0) is 12.3. The first kappa shape index (κ1) is 11.8. The van der Waals surface area contributed by atoms with Gasteiger partial charge < -0.3 is 0 Å². The minimum Gasteiger partial charge on any atom is -0.287 e. The Morgan fingerprint density at radius 3 is 2.76 bits per heavy atom. The van der Waals surface area contributed by atoms with Gasteiger partial charge in [0.25, 0.3) is 0 Å². The summed E-state index contributed by atoms with van der Waals surface area (Å²) in [6.07, 6.45) is 1.90. The summed E-state index contributed by atoms with van der Waals surface area (Å²) < 4.78 is 1.92. The van der Waals surface area contributed by atoms with E-state index in [2.05, 4.69) is 0 Å². The zero-order valence-corrected chi connectivity index (χ0v) is 10.3. The van der Waals surface area contributed by atoms with E-state index in [1.807, 2.05) is 35.9 Å². The number of hydrogen-bond donors (Lipinski definition) is 0. The van der Waals surface area contributed by atoms with Gasteiger partial charge in [-0.1, -0.05) is 29.8 Å². The maximum Gasteiger partial charge on any atom is 0.227 e. The molecule has 0 fully saturated rings. The van der Waals surface area contributed by atoms with Crippen LogP contribution in [0, 0.1) is 6.92 Å². The Bertz CT molecular complexity index is 551. The van der Waals surface area contributed by atoms with Crippen LogP contribution < -0.4 is 4.57 Å². The molecule has 1 aromatic heterocycles. The number of benzene rings is 1. The smallest absolute Gasteiger partial charge is 0.227 e. The molecule has 0 saturated carbocycles. The van der Waals surface area contributed by atoms with Crippen molar-refractivity contribution in [3.05, 3.63) is 64.9 Å². The molecule has 2 aromatic rings. The number of carbonyl (C=O) groups is 1. The van der Waals surface area contributed by atoms with Crippen molar-refractivity contribution in [2.24, 2.45) is 0 Å². The van der Waals surface area contributed by atoms with Gasteiger partial charge in [0.2, 0.25) is 12.3 Å². The van der Waals surface area contributed by atoms with Crippen LogP contribution in [0.2, 0.25) is 5.02 Å². The summed E-state index contributed by atoms with van der Waals surface area (Å²) in [5.74, 6) is 0.0619. The molecule has 86 valence electrons. The van der Waals surface area contributed by atoms with Gasteiger partial charge >= 0.3 is 0 Å². The summed E-state index contributed by atoms with van der Waals surface area (Å²) in [5.41, 5.74) is 1.70. The zero-order valence-electron chi connectivity index (χ0n) is 9.56. The first-order valence-corrected chi connectivity index (χ1v) is 5.78. The molecule has 1 aromatic carbocycles. The van der Waals surface area contributed by atoms with Crippen molar-refractivity contribution in [2.45, 2.75) is 13.5 Å². The third kappa shape index (κ3) is 2.92. The molecular weight excluding hydrogens is 234 g/mol. The van der Waals surface area contributed by atoms with Gasteiger partial charge in [-0.15, -0.1) is 0 Å². The Morgan fingerprint density at radius 1 is 1.24 bits per heavy atom. The lowest BCUT2D eigenvalue weighted by Gasteiger charge is -2.00. The van der Waals surface area contributed by atoms with Crippen molar-refractivity contribution in [2.75, 3.05) is 0 Å². The minimum absolute atomic E-state index is 0.0619. The predicted molar refractivity (Wildman–Crippen MR) is 67.2 cm³/mol. The number of aromatic nitrogens is 1. The van der Waals surface area contributed by atoms with E-state index in [0.29, 0.717) is 17.1 Å². The van der Waals surface area contributed by atoms with Gasteiger partial charge in [-0.2, -0.15) is 4.57 Å². The number of nitrogens with zero attached hydrogens (tertiary/aromatic N) is 1. The fraction of sp³-hybridized carbons (Fsp3) is 0.143. The highest BCUT2D eigenvalue weighted by molar-refractivity contribution is 6.30. The van der Waals surface area contributed by atoms with E-state index in [-0.39, 0.29) is 5.78 Å². The van der Waals surface area contributed by atoms with Crippen LogP contribution in [0.15, 0.2) is 48.7 Å². The third-order valence-corrected chi connectivity index (χ3v) is 2.86. The number of ketones is 1. The predicted octanol–water partition coefficient (Wildman–Crippen LogP) is 2.82. The molecule has 0 radical (unpaired) electrons. The van der Waals surface area contributed by atoms with Gasteiger partial charge in [-0.25, -0.2) is 0 Å².